The number of hydrogen-bond donors (Lipinski definition) is 2. The zero-order valence-electron chi connectivity index (χ0n) is 6.06. The van der Waals surface area contributed by atoms with E-state index in [0.29, 0.717) is 0 Å². The van der Waals surface area contributed by atoms with Crippen LogP contribution in [0.1, 0.15) is 25.7 Å². The Balaban J connectivity index is 2.22. The van der Waals surface area contributed by atoms with Gasteiger partial charge < -0.3 is 5.11 Å². The van der Waals surface area contributed by atoms with Gasteiger partial charge in [0, 0.05) is 6.54 Å². The molecule has 2 N–H and O–H groups in total. The molecule has 1 aliphatic carbocycles. The van der Waals surface area contributed by atoms with Gasteiger partial charge in [-0.1, -0.05) is 5.57 Å². The van der Waals surface area contributed by atoms with E-state index in [9.17, 15) is 5.11 Å². The van der Waals surface area contributed by atoms with Crippen molar-refractivity contribution in [3.8, 4) is 0 Å². The molecule has 0 saturated heterocycles. The van der Waals surface area contributed by atoms with E-state index in [-0.39, 0.29) is 6.23 Å². The van der Waals surface area contributed by atoms with E-state index in [1.54, 1.807) is 0 Å². The predicted octanol–water partition coefficient (Wildman–Crippen LogP) is 0.779. The third-order valence-corrected chi connectivity index (χ3v) is 2.47. The van der Waals surface area contributed by atoms with Gasteiger partial charge in [0.15, 0.2) is 0 Å². The second-order valence-electron chi connectivity index (χ2n) is 3.09. The van der Waals surface area contributed by atoms with Crippen LogP contribution >= 0.6 is 0 Å². The number of aliphatic hydroxyl groups is 1. The Bertz CT molecular complexity index is 174. The molecule has 2 nitrogen and oxygen atoms in total. The highest BCUT2D eigenvalue weighted by Crippen LogP contribution is 2.31. The second kappa shape index (κ2) is 2.36. The lowest BCUT2D eigenvalue weighted by molar-refractivity contribution is 0.163. The normalized spacial score (nSPS) is 32.7. The fraction of sp³-hybridized carbons (Fsp3) is 0.750. The van der Waals surface area contributed by atoms with Gasteiger partial charge in [0.1, 0.15) is 6.23 Å². The topological polar surface area (TPSA) is 32.3 Å². The largest absolute Gasteiger partial charge is 0.375 e. The minimum absolute atomic E-state index is 0.314. The van der Waals surface area contributed by atoms with Crippen LogP contribution in [0.2, 0.25) is 0 Å². The summed E-state index contributed by atoms with van der Waals surface area (Å²) in [6.07, 6.45) is 4.44. The molecule has 0 amide bonds. The van der Waals surface area contributed by atoms with Crippen LogP contribution in [0.4, 0.5) is 0 Å². The van der Waals surface area contributed by atoms with E-state index in [4.69, 9.17) is 0 Å². The van der Waals surface area contributed by atoms with Crippen molar-refractivity contribution in [3.63, 3.8) is 0 Å². The summed E-state index contributed by atoms with van der Waals surface area (Å²) < 4.78 is 0. The van der Waals surface area contributed by atoms with Crippen molar-refractivity contribution >= 4 is 0 Å². The molecule has 0 aromatic carbocycles. The average Bonchev–Trinajstić information content (AvgIpc) is 2.36. The molecule has 2 heteroatoms. The first-order chi connectivity index (χ1) is 4.88. The van der Waals surface area contributed by atoms with Crippen molar-refractivity contribution in [1.29, 1.82) is 0 Å². The first-order valence-corrected chi connectivity index (χ1v) is 4.00. The number of aliphatic hydroxyl groups excluding tert-OH is 1. The SMILES string of the molecule is OC1NCCC2=C1CCC2. The average molecular weight is 139 g/mol. The minimum atomic E-state index is -0.314. The van der Waals surface area contributed by atoms with Crippen LogP contribution in [0.15, 0.2) is 11.1 Å². The fourth-order valence-electron chi connectivity index (χ4n) is 1.93. The Labute approximate surface area is 60.9 Å². The highest BCUT2D eigenvalue weighted by Gasteiger charge is 2.23. The van der Waals surface area contributed by atoms with Crippen molar-refractivity contribution < 1.29 is 5.11 Å². The lowest BCUT2D eigenvalue weighted by Crippen LogP contribution is -2.34. The highest BCUT2D eigenvalue weighted by atomic mass is 16.3. The predicted molar refractivity (Wildman–Crippen MR) is 39.5 cm³/mol. The van der Waals surface area contributed by atoms with Gasteiger partial charge in [-0.25, -0.2) is 0 Å². The standard InChI is InChI=1S/C8H13NO/c10-8-7-3-1-2-6(7)4-5-9-8/h8-10H,1-5H2. The smallest absolute Gasteiger partial charge is 0.127 e. The molecule has 10 heavy (non-hydrogen) atoms. The van der Waals surface area contributed by atoms with Crippen molar-refractivity contribution in [1.82, 2.24) is 5.32 Å². The minimum Gasteiger partial charge on any atom is -0.375 e. The van der Waals surface area contributed by atoms with Crippen LogP contribution in [0.25, 0.3) is 0 Å². The molecule has 0 spiro atoms. The quantitative estimate of drug-likeness (QED) is 0.486. The van der Waals surface area contributed by atoms with Gasteiger partial charge in [0.2, 0.25) is 0 Å². The maximum absolute atomic E-state index is 9.41. The van der Waals surface area contributed by atoms with Crippen LogP contribution in [0.3, 0.4) is 0 Å². The highest BCUT2D eigenvalue weighted by molar-refractivity contribution is 5.24. The van der Waals surface area contributed by atoms with Crippen LogP contribution in [-0.2, 0) is 0 Å². The second-order valence-corrected chi connectivity index (χ2v) is 3.09. The van der Waals surface area contributed by atoms with Crippen molar-refractivity contribution in [2.45, 2.75) is 31.9 Å². The molecule has 0 bridgehead atoms. The Morgan fingerprint density at radius 2 is 2.20 bits per heavy atom. The third kappa shape index (κ3) is 0.879. The fourth-order valence-corrected chi connectivity index (χ4v) is 1.93. The molecule has 0 radical (unpaired) electrons. The van der Waals surface area contributed by atoms with Gasteiger partial charge >= 0.3 is 0 Å². The molecular weight excluding hydrogens is 126 g/mol. The maximum atomic E-state index is 9.41. The first-order valence-electron chi connectivity index (χ1n) is 4.00. The van der Waals surface area contributed by atoms with E-state index in [0.717, 1.165) is 19.4 Å². The molecule has 0 aromatic heterocycles. The number of rotatable bonds is 0. The Kier molecular flexibility index (Phi) is 1.51. The lowest BCUT2D eigenvalue weighted by Gasteiger charge is -2.21. The molecule has 2 rings (SSSR count). The van der Waals surface area contributed by atoms with Crippen molar-refractivity contribution in [2.24, 2.45) is 0 Å². The van der Waals surface area contributed by atoms with Gasteiger partial charge in [-0.15, -0.1) is 0 Å². The van der Waals surface area contributed by atoms with E-state index in [1.807, 2.05) is 0 Å². The summed E-state index contributed by atoms with van der Waals surface area (Å²) in [5, 5.41) is 12.5. The first kappa shape index (κ1) is 6.38. The molecular formula is C8H13NO. The monoisotopic (exact) mass is 139 g/mol. The Morgan fingerprint density at radius 3 is 3.00 bits per heavy atom. The number of nitrogens with one attached hydrogen (secondary N) is 1. The molecule has 1 atom stereocenters. The van der Waals surface area contributed by atoms with E-state index in [2.05, 4.69) is 5.32 Å². The summed E-state index contributed by atoms with van der Waals surface area (Å²) in [6.45, 7) is 0.958. The zero-order valence-corrected chi connectivity index (χ0v) is 6.06. The van der Waals surface area contributed by atoms with Gasteiger partial charge in [-0.2, -0.15) is 0 Å². The van der Waals surface area contributed by atoms with E-state index < -0.39 is 0 Å². The molecule has 1 unspecified atom stereocenters. The summed E-state index contributed by atoms with van der Waals surface area (Å²) in [4.78, 5) is 0. The van der Waals surface area contributed by atoms with E-state index >= 15 is 0 Å². The molecule has 1 heterocycles. The number of hydrogen-bond acceptors (Lipinski definition) is 2. The van der Waals surface area contributed by atoms with Crippen molar-refractivity contribution in [2.75, 3.05) is 6.54 Å². The molecule has 1 aliphatic heterocycles. The molecule has 2 aliphatic rings. The lowest BCUT2D eigenvalue weighted by atomic mass is 10.0. The van der Waals surface area contributed by atoms with Crippen molar-refractivity contribution in [3.05, 3.63) is 11.1 Å². The van der Waals surface area contributed by atoms with Crippen LogP contribution in [0.5, 0.6) is 0 Å². The van der Waals surface area contributed by atoms with Gasteiger partial charge in [-0.3, -0.25) is 5.32 Å². The van der Waals surface area contributed by atoms with Crippen LogP contribution in [0, 0.1) is 0 Å². The summed E-state index contributed by atoms with van der Waals surface area (Å²) >= 11 is 0. The summed E-state index contributed by atoms with van der Waals surface area (Å²) in [6, 6.07) is 0. The molecule has 56 valence electrons. The third-order valence-electron chi connectivity index (χ3n) is 2.47. The van der Waals surface area contributed by atoms with Gasteiger partial charge in [-0.05, 0) is 31.3 Å². The van der Waals surface area contributed by atoms with Gasteiger partial charge in [0.05, 0.1) is 0 Å². The van der Waals surface area contributed by atoms with Crippen LogP contribution < -0.4 is 5.32 Å². The summed E-state index contributed by atoms with van der Waals surface area (Å²) in [5.41, 5.74) is 2.80. The maximum Gasteiger partial charge on any atom is 0.127 e. The van der Waals surface area contributed by atoms with Crippen LogP contribution in [-0.4, -0.2) is 17.9 Å². The Morgan fingerprint density at radius 1 is 1.30 bits per heavy atom. The summed E-state index contributed by atoms with van der Waals surface area (Å²) in [5.74, 6) is 0. The Hall–Kier alpha value is -0.340. The summed E-state index contributed by atoms with van der Waals surface area (Å²) in [7, 11) is 0. The van der Waals surface area contributed by atoms with E-state index in [1.165, 1.54) is 24.0 Å². The molecule has 0 aromatic rings. The van der Waals surface area contributed by atoms with Gasteiger partial charge in [0.25, 0.3) is 0 Å². The molecule has 0 saturated carbocycles. The zero-order chi connectivity index (χ0) is 6.97. The molecule has 0 fully saturated rings.